The van der Waals surface area contributed by atoms with Crippen molar-refractivity contribution >= 4 is 19.2 Å². The summed E-state index contributed by atoms with van der Waals surface area (Å²) >= 11 is 6.14. The molecule has 0 bridgehead atoms. The Morgan fingerprint density at radius 1 is 1.00 bits per heavy atom. The molecule has 0 radical (unpaired) electrons. The van der Waals surface area contributed by atoms with Crippen molar-refractivity contribution in [1.29, 1.82) is 0 Å². The fraction of sp³-hybridized carbons (Fsp3) is 0.368. The van der Waals surface area contributed by atoms with Gasteiger partial charge in [-0.05, 0) is 43.2 Å². The molecule has 0 N–H and O–H groups in total. The lowest BCUT2D eigenvalue weighted by atomic mass is 10.2. The Bertz CT molecular complexity index is 703. The first kappa shape index (κ1) is 18.9. The van der Waals surface area contributed by atoms with Crippen LogP contribution in [-0.2, 0) is 4.57 Å². The molecule has 0 aromatic heterocycles. The summed E-state index contributed by atoms with van der Waals surface area (Å²) < 4.78 is 24.8. The van der Waals surface area contributed by atoms with Crippen LogP contribution < -0.4 is 9.05 Å². The highest BCUT2D eigenvalue weighted by Crippen LogP contribution is 2.50. The van der Waals surface area contributed by atoms with Crippen molar-refractivity contribution in [3.63, 3.8) is 0 Å². The first-order valence-corrected chi connectivity index (χ1v) is 10.4. The number of hydrogen-bond donors (Lipinski definition) is 0. The van der Waals surface area contributed by atoms with E-state index in [1.165, 1.54) is 0 Å². The highest BCUT2D eigenvalue weighted by molar-refractivity contribution is 7.54. The van der Waals surface area contributed by atoms with Gasteiger partial charge in [0.25, 0.3) is 0 Å². The Morgan fingerprint density at radius 2 is 1.79 bits per heavy atom. The zero-order valence-corrected chi connectivity index (χ0v) is 15.9. The molecule has 0 aliphatic carbocycles. The number of para-hydroxylation sites is 1. The lowest BCUT2D eigenvalue weighted by molar-refractivity contribution is 0.383. The predicted molar refractivity (Wildman–Crippen MR) is 101 cm³/mol. The molecule has 2 rings (SSSR count). The molecule has 2 aromatic rings. The maximum absolute atomic E-state index is 13.3. The van der Waals surface area contributed by atoms with E-state index in [4.69, 9.17) is 20.6 Å². The summed E-state index contributed by atoms with van der Waals surface area (Å²) in [6.07, 6.45) is 4.39. The van der Waals surface area contributed by atoms with E-state index in [-0.39, 0.29) is 0 Å². The van der Waals surface area contributed by atoms with E-state index in [2.05, 4.69) is 6.92 Å². The number of rotatable bonds is 9. The van der Waals surface area contributed by atoms with E-state index in [0.29, 0.717) is 22.7 Å². The SMILES string of the molecule is CCCCCCP(=O)(Oc1cccc(C)c1)Oc1ccccc1Cl. The quantitative estimate of drug-likeness (QED) is 0.358. The van der Waals surface area contributed by atoms with E-state index in [1.807, 2.05) is 31.2 Å². The van der Waals surface area contributed by atoms with Crippen LogP contribution in [0.2, 0.25) is 5.02 Å². The molecule has 0 aliphatic rings. The average Bonchev–Trinajstić information content (AvgIpc) is 2.54. The Morgan fingerprint density at radius 3 is 2.50 bits per heavy atom. The third kappa shape index (κ3) is 5.89. The van der Waals surface area contributed by atoms with Gasteiger partial charge >= 0.3 is 7.60 Å². The third-order valence-electron chi connectivity index (χ3n) is 3.59. The number of hydrogen-bond acceptors (Lipinski definition) is 3. The highest BCUT2D eigenvalue weighted by atomic mass is 35.5. The van der Waals surface area contributed by atoms with Gasteiger partial charge in [-0.2, -0.15) is 0 Å². The molecule has 2 aromatic carbocycles. The van der Waals surface area contributed by atoms with Crippen LogP contribution in [0.1, 0.15) is 38.2 Å². The van der Waals surface area contributed by atoms with Crippen molar-refractivity contribution in [3.8, 4) is 11.5 Å². The van der Waals surface area contributed by atoms with Crippen LogP contribution in [-0.4, -0.2) is 6.16 Å². The Balaban J connectivity index is 2.17. The van der Waals surface area contributed by atoms with Crippen LogP contribution in [0, 0.1) is 6.92 Å². The van der Waals surface area contributed by atoms with Crippen LogP contribution in [0.5, 0.6) is 11.5 Å². The summed E-state index contributed by atoms with van der Waals surface area (Å²) in [7, 11) is -3.33. The first-order chi connectivity index (χ1) is 11.5. The lowest BCUT2D eigenvalue weighted by Gasteiger charge is -2.21. The number of aryl methyl sites for hydroxylation is 1. The van der Waals surface area contributed by atoms with Crippen LogP contribution in [0.4, 0.5) is 0 Å². The van der Waals surface area contributed by atoms with Crippen molar-refractivity contribution < 1.29 is 13.6 Å². The zero-order valence-electron chi connectivity index (χ0n) is 14.2. The first-order valence-electron chi connectivity index (χ1n) is 8.32. The monoisotopic (exact) mass is 366 g/mol. The summed E-state index contributed by atoms with van der Waals surface area (Å²) in [4.78, 5) is 0. The Hall–Kier alpha value is -1.44. The van der Waals surface area contributed by atoms with Crippen molar-refractivity contribution in [2.45, 2.75) is 39.5 Å². The lowest BCUT2D eigenvalue weighted by Crippen LogP contribution is -2.06. The molecule has 5 heteroatoms. The third-order valence-corrected chi connectivity index (χ3v) is 5.73. The van der Waals surface area contributed by atoms with Gasteiger partial charge in [-0.15, -0.1) is 0 Å². The van der Waals surface area contributed by atoms with Gasteiger partial charge in [0.15, 0.2) is 0 Å². The summed E-state index contributed by atoms with van der Waals surface area (Å²) in [6.45, 7) is 4.11. The molecule has 130 valence electrons. The van der Waals surface area contributed by atoms with E-state index < -0.39 is 7.60 Å². The maximum Gasteiger partial charge on any atom is 0.430 e. The second kappa shape index (κ2) is 9.15. The molecule has 0 aliphatic heterocycles. The Labute approximate surface area is 149 Å². The molecule has 24 heavy (non-hydrogen) atoms. The van der Waals surface area contributed by atoms with Gasteiger partial charge < -0.3 is 9.05 Å². The molecule has 0 spiro atoms. The summed E-state index contributed by atoms with van der Waals surface area (Å²) in [6, 6.07) is 14.5. The normalized spacial score (nSPS) is 13.3. The van der Waals surface area contributed by atoms with Gasteiger partial charge in [0, 0.05) is 0 Å². The molecule has 0 fully saturated rings. The maximum atomic E-state index is 13.3. The second-order valence-electron chi connectivity index (χ2n) is 5.82. The minimum atomic E-state index is -3.33. The second-order valence-corrected chi connectivity index (χ2v) is 8.27. The molecule has 3 nitrogen and oxygen atoms in total. The van der Waals surface area contributed by atoms with Crippen molar-refractivity contribution in [2.75, 3.05) is 6.16 Å². The fourth-order valence-corrected chi connectivity index (χ4v) is 4.30. The summed E-state index contributed by atoms with van der Waals surface area (Å²) in [5.74, 6) is 0.950. The molecule has 0 amide bonds. The van der Waals surface area contributed by atoms with Gasteiger partial charge in [0.1, 0.15) is 11.5 Å². The minimum Gasteiger partial charge on any atom is -0.416 e. The smallest absolute Gasteiger partial charge is 0.416 e. The molecule has 1 atom stereocenters. The average molecular weight is 367 g/mol. The van der Waals surface area contributed by atoms with Crippen molar-refractivity contribution in [1.82, 2.24) is 0 Å². The predicted octanol–water partition coefficient (Wildman–Crippen LogP) is 6.88. The van der Waals surface area contributed by atoms with Gasteiger partial charge in [0.05, 0.1) is 11.2 Å². The standard InChI is InChI=1S/C19H24ClO3P/c1-3-4-5-8-14-24(21,22-17-11-9-10-16(2)15-17)23-19-13-7-6-12-18(19)20/h6-7,9-13,15H,3-5,8,14H2,1-2H3. The van der Waals surface area contributed by atoms with Crippen LogP contribution in [0.25, 0.3) is 0 Å². The van der Waals surface area contributed by atoms with Crippen LogP contribution in [0.3, 0.4) is 0 Å². The molecular formula is C19H24ClO3P. The molecule has 0 heterocycles. The molecule has 0 saturated carbocycles. The van der Waals surface area contributed by atoms with E-state index in [9.17, 15) is 4.57 Å². The minimum absolute atomic E-state index is 0.367. The van der Waals surface area contributed by atoms with Crippen LogP contribution in [0.15, 0.2) is 48.5 Å². The van der Waals surface area contributed by atoms with Gasteiger partial charge in [0.2, 0.25) is 0 Å². The zero-order chi connectivity index (χ0) is 17.4. The van der Waals surface area contributed by atoms with Gasteiger partial charge in [-0.3, -0.25) is 0 Å². The topological polar surface area (TPSA) is 35.5 Å². The molecule has 1 unspecified atom stereocenters. The highest BCUT2D eigenvalue weighted by Gasteiger charge is 2.28. The molecular weight excluding hydrogens is 343 g/mol. The van der Waals surface area contributed by atoms with Gasteiger partial charge in [-0.1, -0.05) is 62.1 Å². The van der Waals surface area contributed by atoms with Crippen LogP contribution >= 0.6 is 19.2 Å². The van der Waals surface area contributed by atoms with E-state index in [0.717, 1.165) is 31.2 Å². The fourth-order valence-electron chi connectivity index (χ4n) is 2.34. The molecule has 0 saturated heterocycles. The Kier molecular flexibility index (Phi) is 7.20. The van der Waals surface area contributed by atoms with E-state index >= 15 is 0 Å². The van der Waals surface area contributed by atoms with Crippen molar-refractivity contribution in [3.05, 3.63) is 59.1 Å². The number of benzene rings is 2. The summed E-state index contributed by atoms with van der Waals surface area (Å²) in [5.41, 5.74) is 1.04. The van der Waals surface area contributed by atoms with Crippen molar-refractivity contribution in [2.24, 2.45) is 0 Å². The largest absolute Gasteiger partial charge is 0.430 e. The summed E-state index contributed by atoms with van der Waals surface area (Å²) in [5, 5.41) is 0.430. The van der Waals surface area contributed by atoms with E-state index in [1.54, 1.807) is 24.3 Å². The number of halogens is 1. The van der Waals surface area contributed by atoms with Gasteiger partial charge in [-0.25, -0.2) is 4.57 Å². The number of unbranched alkanes of at least 4 members (excludes halogenated alkanes) is 3.